The van der Waals surface area contributed by atoms with Gasteiger partial charge in [-0.25, -0.2) is 9.78 Å². The van der Waals surface area contributed by atoms with Crippen molar-refractivity contribution in [3.05, 3.63) is 65.0 Å². The highest BCUT2D eigenvalue weighted by molar-refractivity contribution is 7.14. The SMILES string of the molecule is CC1=NN(c2nc(-c3ccc(C)cc3)cs2)C(=O)[C@H]1N=Nc1cccc(C(=O)O)c1. The van der Waals surface area contributed by atoms with E-state index in [9.17, 15) is 9.59 Å². The summed E-state index contributed by atoms with van der Waals surface area (Å²) in [5, 5.41) is 25.1. The number of carbonyl (C=O) groups is 2. The van der Waals surface area contributed by atoms with Crippen LogP contribution in [0.2, 0.25) is 0 Å². The molecule has 1 aromatic heterocycles. The molecule has 0 spiro atoms. The van der Waals surface area contributed by atoms with Crippen molar-refractivity contribution in [3.63, 3.8) is 0 Å². The number of anilines is 1. The number of rotatable bonds is 5. The molecule has 150 valence electrons. The van der Waals surface area contributed by atoms with Crippen LogP contribution in [-0.2, 0) is 4.79 Å². The van der Waals surface area contributed by atoms with E-state index in [1.807, 2.05) is 36.6 Å². The average molecular weight is 419 g/mol. The van der Waals surface area contributed by atoms with Crippen LogP contribution in [0.3, 0.4) is 0 Å². The maximum absolute atomic E-state index is 12.8. The highest BCUT2D eigenvalue weighted by Gasteiger charge is 2.36. The van der Waals surface area contributed by atoms with Crippen LogP contribution in [0.4, 0.5) is 10.8 Å². The van der Waals surface area contributed by atoms with E-state index in [1.54, 1.807) is 19.1 Å². The summed E-state index contributed by atoms with van der Waals surface area (Å²) in [6.07, 6.45) is 0. The summed E-state index contributed by atoms with van der Waals surface area (Å²) in [7, 11) is 0. The molecule has 0 aliphatic carbocycles. The fourth-order valence-corrected chi connectivity index (χ4v) is 3.66. The Balaban J connectivity index is 1.53. The van der Waals surface area contributed by atoms with Gasteiger partial charge in [-0.1, -0.05) is 35.9 Å². The second-order valence-corrected chi connectivity index (χ2v) is 7.58. The molecule has 0 unspecified atom stereocenters. The van der Waals surface area contributed by atoms with Crippen molar-refractivity contribution >= 4 is 39.7 Å². The summed E-state index contributed by atoms with van der Waals surface area (Å²) in [6.45, 7) is 3.72. The van der Waals surface area contributed by atoms with E-state index in [0.717, 1.165) is 16.8 Å². The molecule has 0 saturated carbocycles. The molecule has 0 radical (unpaired) electrons. The zero-order valence-electron chi connectivity index (χ0n) is 16.2. The Bertz CT molecular complexity index is 1180. The molecule has 0 saturated heterocycles. The molecular formula is C21H17N5O3S. The lowest BCUT2D eigenvalue weighted by atomic mass is 10.1. The minimum atomic E-state index is -1.05. The van der Waals surface area contributed by atoms with E-state index < -0.39 is 12.0 Å². The monoisotopic (exact) mass is 419 g/mol. The topological polar surface area (TPSA) is 108 Å². The predicted molar refractivity (Wildman–Crippen MR) is 115 cm³/mol. The smallest absolute Gasteiger partial charge is 0.335 e. The van der Waals surface area contributed by atoms with Crippen molar-refractivity contribution < 1.29 is 14.7 Å². The van der Waals surface area contributed by atoms with Crippen LogP contribution in [0.5, 0.6) is 0 Å². The normalized spacial score (nSPS) is 16.3. The second-order valence-electron chi connectivity index (χ2n) is 6.75. The van der Waals surface area contributed by atoms with E-state index in [-0.39, 0.29) is 11.5 Å². The molecule has 1 N–H and O–H groups in total. The molecule has 0 fully saturated rings. The minimum absolute atomic E-state index is 0.0997. The Kier molecular flexibility index (Phi) is 5.20. The Hall–Kier alpha value is -3.72. The number of carbonyl (C=O) groups excluding carboxylic acids is 1. The summed E-state index contributed by atoms with van der Waals surface area (Å²) < 4.78 is 0. The summed E-state index contributed by atoms with van der Waals surface area (Å²) in [6, 6.07) is 13.2. The number of aromatic nitrogens is 1. The zero-order chi connectivity index (χ0) is 21.3. The number of carboxylic acids is 1. The van der Waals surface area contributed by atoms with Crippen molar-refractivity contribution in [3.8, 4) is 11.3 Å². The number of hydrogen-bond acceptors (Lipinski definition) is 7. The Labute approximate surface area is 176 Å². The molecule has 30 heavy (non-hydrogen) atoms. The third-order valence-electron chi connectivity index (χ3n) is 4.50. The number of azo groups is 1. The van der Waals surface area contributed by atoms with Gasteiger partial charge >= 0.3 is 5.97 Å². The molecule has 2 aromatic carbocycles. The quantitative estimate of drug-likeness (QED) is 0.605. The van der Waals surface area contributed by atoms with Gasteiger partial charge in [0.1, 0.15) is 0 Å². The fourth-order valence-electron chi connectivity index (χ4n) is 2.87. The van der Waals surface area contributed by atoms with E-state index >= 15 is 0 Å². The number of thiazole rings is 1. The van der Waals surface area contributed by atoms with E-state index in [0.29, 0.717) is 16.5 Å². The van der Waals surface area contributed by atoms with Crippen LogP contribution in [0.15, 0.2) is 69.2 Å². The van der Waals surface area contributed by atoms with Gasteiger partial charge in [0.05, 0.1) is 22.7 Å². The largest absolute Gasteiger partial charge is 0.478 e. The first-order valence-corrected chi connectivity index (χ1v) is 9.96. The van der Waals surface area contributed by atoms with Gasteiger partial charge in [0.25, 0.3) is 5.91 Å². The number of hydrogen-bond donors (Lipinski definition) is 1. The Morgan fingerprint density at radius 3 is 2.67 bits per heavy atom. The Morgan fingerprint density at radius 2 is 1.93 bits per heavy atom. The van der Waals surface area contributed by atoms with Crippen molar-refractivity contribution in [2.45, 2.75) is 19.9 Å². The first-order valence-electron chi connectivity index (χ1n) is 9.08. The third-order valence-corrected chi connectivity index (χ3v) is 5.31. The molecule has 1 aliphatic rings. The molecule has 0 bridgehead atoms. The lowest BCUT2D eigenvalue weighted by Gasteiger charge is -2.08. The van der Waals surface area contributed by atoms with E-state index in [4.69, 9.17) is 5.11 Å². The first-order chi connectivity index (χ1) is 14.4. The molecule has 8 nitrogen and oxygen atoms in total. The molecule has 4 rings (SSSR count). The van der Waals surface area contributed by atoms with Crippen molar-refractivity contribution in [2.75, 3.05) is 5.01 Å². The minimum Gasteiger partial charge on any atom is -0.478 e. The van der Waals surface area contributed by atoms with Gasteiger partial charge in [0.2, 0.25) is 5.13 Å². The van der Waals surface area contributed by atoms with Crippen LogP contribution in [0, 0.1) is 6.92 Å². The second kappa shape index (κ2) is 7.96. The van der Waals surface area contributed by atoms with Crippen molar-refractivity contribution in [2.24, 2.45) is 15.3 Å². The molecule has 1 atom stereocenters. The van der Waals surface area contributed by atoms with E-state index in [2.05, 4.69) is 20.3 Å². The van der Waals surface area contributed by atoms with Crippen LogP contribution >= 0.6 is 11.3 Å². The van der Waals surface area contributed by atoms with Crippen LogP contribution in [-0.4, -0.2) is 33.7 Å². The summed E-state index contributed by atoms with van der Waals surface area (Å²) in [4.78, 5) is 28.5. The maximum Gasteiger partial charge on any atom is 0.335 e. The van der Waals surface area contributed by atoms with Gasteiger partial charge in [-0.3, -0.25) is 4.79 Å². The van der Waals surface area contributed by atoms with Crippen molar-refractivity contribution in [1.29, 1.82) is 0 Å². The molecule has 1 aliphatic heterocycles. The number of hydrazone groups is 1. The number of aromatic carboxylic acids is 1. The lowest BCUT2D eigenvalue weighted by molar-refractivity contribution is -0.117. The van der Waals surface area contributed by atoms with Gasteiger partial charge in [0.15, 0.2) is 6.04 Å². The fraction of sp³-hybridized carbons (Fsp3) is 0.143. The average Bonchev–Trinajstić information content (AvgIpc) is 3.32. The van der Waals surface area contributed by atoms with E-state index in [1.165, 1.54) is 28.5 Å². The molecular weight excluding hydrogens is 402 g/mol. The molecule has 1 amide bonds. The Morgan fingerprint density at radius 1 is 1.17 bits per heavy atom. The van der Waals surface area contributed by atoms with Crippen molar-refractivity contribution in [1.82, 2.24) is 4.98 Å². The number of aryl methyl sites for hydroxylation is 1. The van der Waals surface area contributed by atoms with Gasteiger partial charge in [-0.2, -0.15) is 20.3 Å². The summed E-state index contributed by atoms with van der Waals surface area (Å²) in [5.41, 5.74) is 3.83. The zero-order valence-corrected chi connectivity index (χ0v) is 17.0. The predicted octanol–water partition coefficient (Wildman–Crippen LogP) is 4.69. The van der Waals surface area contributed by atoms with Crippen LogP contribution in [0.1, 0.15) is 22.8 Å². The highest BCUT2D eigenvalue weighted by Crippen LogP contribution is 2.31. The van der Waals surface area contributed by atoms with Gasteiger partial charge < -0.3 is 5.11 Å². The highest BCUT2D eigenvalue weighted by atomic mass is 32.1. The number of carboxylic acid groups (broad SMARTS) is 1. The first kappa shape index (κ1) is 19.6. The van der Waals surface area contributed by atoms with Gasteiger partial charge in [-0.05, 0) is 32.0 Å². The third kappa shape index (κ3) is 3.87. The maximum atomic E-state index is 12.8. The molecule has 2 heterocycles. The van der Waals surface area contributed by atoms with Crippen LogP contribution < -0.4 is 5.01 Å². The van der Waals surface area contributed by atoms with Gasteiger partial charge in [-0.15, -0.1) is 11.3 Å². The molecule has 3 aromatic rings. The standard InChI is InChI=1S/C21H17N5O3S/c1-12-6-8-14(9-7-12)17-11-30-21(22-17)26-19(27)18(13(2)25-26)24-23-16-5-3-4-15(10-16)20(28)29/h3-11,18H,1-2H3,(H,28,29)/t18-/m0/s1. The number of amides is 1. The van der Waals surface area contributed by atoms with Crippen LogP contribution in [0.25, 0.3) is 11.3 Å². The summed E-state index contributed by atoms with van der Waals surface area (Å²) >= 11 is 1.32. The molecule has 9 heteroatoms. The number of benzene rings is 2. The lowest BCUT2D eigenvalue weighted by Crippen LogP contribution is -2.29. The summed E-state index contributed by atoms with van der Waals surface area (Å²) in [5.74, 6) is -1.41. The van der Waals surface area contributed by atoms with Gasteiger partial charge in [0, 0.05) is 10.9 Å². The number of nitrogens with zero attached hydrogens (tertiary/aromatic N) is 5.